The summed E-state index contributed by atoms with van der Waals surface area (Å²) in [6.45, 7) is 2.17. The van der Waals surface area contributed by atoms with Gasteiger partial charge < -0.3 is 14.9 Å². The SMILES string of the molecule is CCCCCCCC(=O)C#CC1C(O)CCC2(OC)/C(=C/CCC(=O)O)CC12. The topological polar surface area (TPSA) is 83.8 Å². The Bertz CT molecular complexity index is 641. The number of rotatable bonds is 10. The predicted molar refractivity (Wildman–Crippen MR) is 108 cm³/mol. The van der Waals surface area contributed by atoms with E-state index in [1.54, 1.807) is 7.11 Å². The summed E-state index contributed by atoms with van der Waals surface area (Å²) in [4.78, 5) is 22.8. The van der Waals surface area contributed by atoms with Crippen LogP contribution in [0.1, 0.15) is 77.6 Å². The number of unbranched alkanes of at least 4 members (excludes halogenated alkanes) is 4. The van der Waals surface area contributed by atoms with Gasteiger partial charge in [0, 0.05) is 25.9 Å². The van der Waals surface area contributed by atoms with Gasteiger partial charge in [-0.05, 0) is 43.6 Å². The number of aliphatic hydroxyl groups is 1. The van der Waals surface area contributed by atoms with E-state index in [2.05, 4.69) is 18.8 Å². The number of aliphatic hydroxyl groups excluding tert-OH is 1. The van der Waals surface area contributed by atoms with Crippen LogP contribution in [0.2, 0.25) is 0 Å². The van der Waals surface area contributed by atoms with Gasteiger partial charge in [-0.3, -0.25) is 9.59 Å². The molecule has 0 radical (unpaired) electrons. The molecule has 0 bridgehead atoms. The van der Waals surface area contributed by atoms with Crippen LogP contribution in [0.3, 0.4) is 0 Å². The molecule has 0 amide bonds. The molecule has 28 heavy (non-hydrogen) atoms. The van der Waals surface area contributed by atoms with Crippen LogP contribution < -0.4 is 0 Å². The van der Waals surface area contributed by atoms with Crippen LogP contribution in [-0.2, 0) is 14.3 Å². The number of ether oxygens (including phenoxy) is 1. The first-order valence-corrected chi connectivity index (χ1v) is 10.6. The normalized spacial score (nSPS) is 30.1. The van der Waals surface area contributed by atoms with Crippen LogP contribution in [0.5, 0.6) is 0 Å². The van der Waals surface area contributed by atoms with Gasteiger partial charge in [-0.2, -0.15) is 0 Å². The zero-order chi connectivity index (χ0) is 20.6. The molecule has 0 aliphatic heterocycles. The maximum Gasteiger partial charge on any atom is 0.303 e. The van der Waals surface area contributed by atoms with E-state index in [4.69, 9.17) is 9.84 Å². The average Bonchev–Trinajstić information content (AvgIpc) is 2.65. The molecule has 0 aromatic carbocycles. The number of ketones is 1. The first-order chi connectivity index (χ1) is 13.4. The summed E-state index contributed by atoms with van der Waals surface area (Å²) < 4.78 is 5.86. The van der Waals surface area contributed by atoms with E-state index >= 15 is 0 Å². The van der Waals surface area contributed by atoms with Gasteiger partial charge in [-0.15, -0.1) is 0 Å². The minimum Gasteiger partial charge on any atom is -0.481 e. The van der Waals surface area contributed by atoms with E-state index in [-0.39, 0.29) is 24.0 Å². The van der Waals surface area contributed by atoms with Gasteiger partial charge in [0.15, 0.2) is 0 Å². The third-order valence-electron chi connectivity index (χ3n) is 6.24. The highest BCUT2D eigenvalue weighted by Gasteiger charge is 2.58. The summed E-state index contributed by atoms with van der Waals surface area (Å²) in [5, 5.41) is 19.3. The minimum absolute atomic E-state index is 0.0474. The molecule has 2 fully saturated rings. The molecular weight excluding hydrogens is 356 g/mol. The minimum atomic E-state index is -0.810. The first kappa shape index (κ1) is 22.6. The van der Waals surface area contributed by atoms with Gasteiger partial charge in [0.05, 0.1) is 17.6 Å². The molecule has 0 aromatic rings. The third-order valence-corrected chi connectivity index (χ3v) is 6.24. The molecule has 0 saturated heterocycles. The van der Waals surface area contributed by atoms with E-state index in [0.29, 0.717) is 25.7 Å². The van der Waals surface area contributed by atoms with Crippen LogP contribution in [0.25, 0.3) is 0 Å². The molecule has 2 aliphatic carbocycles. The van der Waals surface area contributed by atoms with Gasteiger partial charge in [-0.1, -0.05) is 44.6 Å². The second-order valence-corrected chi connectivity index (χ2v) is 8.05. The summed E-state index contributed by atoms with van der Waals surface area (Å²) in [5.74, 6) is 4.76. The van der Waals surface area contributed by atoms with Crippen LogP contribution in [0.15, 0.2) is 11.6 Å². The monoisotopic (exact) mass is 390 g/mol. The molecule has 2 aliphatic rings. The van der Waals surface area contributed by atoms with Crippen molar-refractivity contribution in [1.82, 2.24) is 0 Å². The zero-order valence-corrected chi connectivity index (χ0v) is 17.2. The van der Waals surface area contributed by atoms with Crippen molar-refractivity contribution >= 4 is 11.8 Å². The highest BCUT2D eigenvalue weighted by atomic mass is 16.5. The summed E-state index contributed by atoms with van der Waals surface area (Å²) in [6, 6.07) is 0. The molecule has 0 spiro atoms. The fourth-order valence-electron chi connectivity index (χ4n) is 4.58. The number of methoxy groups -OCH3 is 1. The number of fused-ring (bicyclic) bond motifs is 1. The number of hydrogen-bond acceptors (Lipinski definition) is 4. The summed E-state index contributed by atoms with van der Waals surface area (Å²) in [6.07, 6.45) is 10.0. The largest absolute Gasteiger partial charge is 0.481 e. The fourth-order valence-corrected chi connectivity index (χ4v) is 4.58. The third kappa shape index (κ3) is 5.46. The van der Waals surface area contributed by atoms with Crippen molar-refractivity contribution in [2.75, 3.05) is 7.11 Å². The lowest BCUT2D eigenvalue weighted by molar-refractivity contribution is -0.139. The predicted octanol–water partition coefficient (Wildman–Crippen LogP) is 3.89. The second kappa shape index (κ2) is 10.8. The van der Waals surface area contributed by atoms with Gasteiger partial charge in [0.2, 0.25) is 5.78 Å². The Morgan fingerprint density at radius 3 is 2.68 bits per heavy atom. The number of carbonyl (C=O) groups excluding carboxylic acids is 1. The van der Waals surface area contributed by atoms with E-state index < -0.39 is 17.7 Å². The second-order valence-electron chi connectivity index (χ2n) is 8.05. The lowest BCUT2D eigenvalue weighted by Gasteiger charge is -2.57. The molecular formula is C23H34O5. The van der Waals surface area contributed by atoms with Gasteiger partial charge in [0.25, 0.3) is 0 Å². The number of hydrogen-bond donors (Lipinski definition) is 2. The highest BCUT2D eigenvalue weighted by molar-refractivity contribution is 5.95. The number of carbonyl (C=O) groups is 2. The van der Waals surface area contributed by atoms with Crippen molar-refractivity contribution in [3.8, 4) is 11.8 Å². The van der Waals surface area contributed by atoms with Crippen molar-refractivity contribution < 1.29 is 24.5 Å². The summed E-state index contributed by atoms with van der Waals surface area (Å²) in [7, 11) is 1.67. The number of allylic oxidation sites excluding steroid dienone is 1. The molecule has 0 heterocycles. The smallest absolute Gasteiger partial charge is 0.303 e. The van der Waals surface area contributed by atoms with Gasteiger partial charge >= 0.3 is 5.97 Å². The van der Waals surface area contributed by atoms with Gasteiger partial charge in [-0.25, -0.2) is 0 Å². The van der Waals surface area contributed by atoms with Crippen molar-refractivity contribution in [2.45, 2.75) is 89.3 Å². The van der Waals surface area contributed by atoms with Crippen molar-refractivity contribution in [1.29, 1.82) is 0 Å². The van der Waals surface area contributed by atoms with Crippen LogP contribution in [0, 0.1) is 23.7 Å². The Morgan fingerprint density at radius 1 is 1.25 bits per heavy atom. The van der Waals surface area contributed by atoms with Crippen molar-refractivity contribution in [2.24, 2.45) is 11.8 Å². The fraction of sp³-hybridized carbons (Fsp3) is 0.739. The Kier molecular flexibility index (Phi) is 8.72. The molecule has 5 nitrogen and oxygen atoms in total. The quantitative estimate of drug-likeness (QED) is 0.256. The Balaban J connectivity index is 1.96. The number of carboxylic acids is 1. The molecule has 2 saturated carbocycles. The first-order valence-electron chi connectivity index (χ1n) is 10.6. The standard InChI is InChI=1S/C23H34O5/c1-3-4-5-6-7-10-18(24)12-13-19-20-16-17(9-8-11-22(26)27)23(20,28-2)15-14-21(19)25/h9,19-21,25H,3-8,10-11,14-16H2,1-2H3,(H,26,27)/b17-9+. The van der Waals surface area contributed by atoms with Crippen molar-refractivity contribution in [3.63, 3.8) is 0 Å². The van der Waals surface area contributed by atoms with E-state index in [1.165, 1.54) is 12.8 Å². The van der Waals surface area contributed by atoms with E-state index in [0.717, 1.165) is 31.3 Å². The lowest BCUT2D eigenvalue weighted by atomic mass is 9.53. The molecule has 0 aromatic heterocycles. The Labute approximate surface area is 168 Å². The molecule has 2 rings (SSSR count). The zero-order valence-electron chi connectivity index (χ0n) is 17.2. The average molecular weight is 391 g/mol. The van der Waals surface area contributed by atoms with E-state index in [1.807, 2.05) is 6.08 Å². The molecule has 4 atom stereocenters. The van der Waals surface area contributed by atoms with Crippen LogP contribution in [0.4, 0.5) is 0 Å². The maximum atomic E-state index is 12.1. The summed E-state index contributed by atoms with van der Waals surface area (Å²) in [5.41, 5.74) is 0.655. The number of aliphatic carboxylic acids is 1. The lowest BCUT2D eigenvalue weighted by Crippen LogP contribution is -2.59. The molecule has 2 N–H and O–H groups in total. The molecule has 156 valence electrons. The number of Topliss-reactive ketones (excluding diaryl/α,β-unsaturated/α-hetero) is 1. The molecule has 5 heteroatoms. The summed E-state index contributed by atoms with van der Waals surface area (Å²) >= 11 is 0. The Morgan fingerprint density at radius 2 is 2.00 bits per heavy atom. The van der Waals surface area contributed by atoms with Crippen LogP contribution >= 0.6 is 0 Å². The highest BCUT2D eigenvalue weighted by Crippen LogP contribution is 2.56. The maximum absolute atomic E-state index is 12.1. The molecule has 4 unspecified atom stereocenters. The van der Waals surface area contributed by atoms with Gasteiger partial charge in [0.1, 0.15) is 0 Å². The Hall–Kier alpha value is -1.64. The number of carboxylic acid groups (broad SMARTS) is 1. The van der Waals surface area contributed by atoms with Crippen molar-refractivity contribution in [3.05, 3.63) is 11.6 Å². The van der Waals surface area contributed by atoms with Crippen LogP contribution in [-0.4, -0.2) is 40.8 Å². The van der Waals surface area contributed by atoms with E-state index in [9.17, 15) is 14.7 Å².